The van der Waals surface area contributed by atoms with Gasteiger partial charge in [-0.1, -0.05) is 19.3 Å². The summed E-state index contributed by atoms with van der Waals surface area (Å²) in [7, 11) is 5.46. The molecule has 2 rings (SSSR count). The third kappa shape index (κ3) is 6.17. The topological polar surface area (TPSA) is 99.0 Å². The van der Waals surface area contributed by atoms with Gasteiger partial charge in [-0.15, -0.1) is 0 Å². The Labute approximate surface area is 181 Å². The van der Waals surface area contributed by atoms with E-state index in [1.807, 2.05) is 19.0 Å². The molecule has 0 aromatic heterocycles. The molecule has 1 saturated heterocycles. The maximum Gasteiger partial charge on any atom is 0.240 e. The van der Waals surface area contributed by atoms with Crippen LogP contribution in [0.2, 0.25) is 0 Å². The number of nitrogens with two attached hydrogens (primary N) is 1. The molecule has 3 atom stereocenters. The molecule has 0 aromatic carbocycles. The Morgan fingerprint density at radius 2 is 1.60 bits per heavy atom. The van der Waals surface area contributed by atoms with Crippen LogP contribution in [0, 0.1) is 5.92 Å². The smallest absolute Gasteiger partial charge is 0.240 e. The highest BCUT2D eigenvalue weighted by atomic mass is 16.2. The third-order valence-corrected chi connectivity index (χ3v) is 7.03. The summed E-state index contributed by atoms with van der Waals surface area (Å²) in [6.45, 7) is 3.11. The molecular weight excluding hydrogens is 382 g/mol. The van der Waals surface area contributed by atoms with E-state index in [1.165, 1.54) is 24.2 Å². The van der Waals surface area contributed by atoms with E-state index in [0.717, 1.165) is 45.2 Å². The second kappa shape index (κ2) is 11.6. The number of likely N-dealkylation sites (tertiary alicyclic amines) is 1. The summed E-state index contributed by atoms with van der Waals surface area (Å²) in [4.78, 5) is 43.3. The van der Waals surface area contributed by atoms with E-state index in [9.17, 15) is 14.4 Å². The van der Waals surface area contributed by atoms with Gasteiger partial charge in [0.1, 0.15) is 6.04 Å². The summed E-state index contributed by atoms with van der Waals surface area (Å²) in [6.07, 6.45) is 9.18. The molecule has 1 unspecified atom stereocenters. The van der Waals surface area contributed by atoms with Gasteiger partial charge in [-0.25, -0.2) is 0 Å². The molecule has 1 aliphatic heterocycles. The number of primary amides is 1. The second-order valence-electron chi connectivity index (χ2n) is 8.99. The lowest BCUT2D eigenvalue weighted by molar-refractivity contribution is -0.146. The fourth-order valence-electron chi connectivity index (χ4n) is 4.86. The van der Waals surface area contributed by atoms with Crippen LogP contribution in [0.25, 0.3) is 0 Å². The van der Waals surface area contributed by atoms with Crippen LogP contribution in [0.15, 0.2) is 0 Å². The minimum absolute atomic E-state index is 0.0155. The van der Waals surface area contributed by atoms with Gasteiger partial charge in [-0.2, -0.15) is 0 Å². The largest absolute Gasteiger partial charge is 0.368 e. The molecule has 3 N–H and O–H groups in total. The zero-order chi connectivity index (χ0) is 22.3. The van der Waals surface area contributed by atoms with E-state index in [0.29, 0.717) is 5.92 Å². The Morgan fingerprint density at radius 1 is 1.03 bits per heavy atom. The van der Waals surface area contributed by atoms with Crippen LogP contribution in [-0.4, -0.2) is 84.9 Å². The normalized spacial score (nSPS) is 21.2. The summed E-state index contributed by atoms with van der Waals surface area (Å²) >= 11 is 0. The molecule has 0 aromatic rings. The van der Waals surface area contributed by atoms with Gasteiger partial charge < -0.3 is 20.9 Å². The minimum Gasteiger partial charge on any atom is -0.368 e. The zero-order valence-electron chi connectivity index (χ0n) is 19.2. The van der Waals surface area contributed by atoms with Crippen LogP contribution in [0.1, 0.15) is 64.7 Å². The van der Waals surface area contributed by atoms with Crippen molar-refractivity contribution < 1.29 is 14.4 Å². The summed E-state index contributed by atoms with van der Waals surface area (Å²) in [5, 5.41) is 3.41. The monoisotopic (exact) mass is 423 g/mol. The lowest BCUT2D eigenvalue weighted by Crippen LogP contribution is -2.58. The fraction of sp³-hybridized carbons (Fsp3) is 0.864. The Balaban J connectivity index is 2.21. The van der Waals surface area contributed by atoms with Crippen LogP contribution < -0.4 is 11.1 Å². The van der Waals surface area contributed by atoms with Crippen LogP contribution in [0.3, 0.4) is 0 Å². The average molecular weight is 424 g/mol. The quantitative estimate of drug-likeness (QED) is 0.542. The van der Waals surface area contributed by atoms with Gasteiger partial charge in [0, 0.05) is 20.1 Å². The van der Waals surface area contributed by atoms with E-state index < -0.39 is 18.0 Å². The van der Waals surface area contributed by atoms with Crippen molar-refractivity contribution in [3.63, 3.8) is 0 Å². The molecule has 0 bridgehead atoms. The molecule has 172 valence electrons. The lowest BCUT2D eigenvalue weighted by atomic mass is 9.86. The molecule has 1 aliphatic carbocycles. The summed E-state index contributed by atoms with van der Waals surface area (Å²) in [6, 6.07) is -1.26. The standard InChI is InChI=1S/C22H41N5O3/c1-16(20(23)29)25(3)19(28)15-18(22(30)27-13-9-6-10-14-27)26(4)21(24-2)17-11-7-5-8-12-17/h16-18,21,24H,5-15H2,1-4H3,(H2,23,29)/t16-,18-,21?/m0/s1. The first-order valence-electron chi connectivity index (χ1n) is 11.5. The van der Waals surface area contributed by atoms with Crippen molar-refractivity contribution in [3.8, 4) is 0 Å². The average Bonchev–Trinajstić information content (AvgIpc) is 2.77. The Hall–Kier alpha value is -1.67. The van der Waals surface area contributed by atoms with Crippen LogP contribution in [0.4, 0.5) is 0 Å². The first-order chi connectivity index (χ1) is 14.3. The highest BCUT2D eigenvalue weighted by Crippen LogP contribution is 2.29. The molecule has 1 heterocycles. The maximum atomic E-state index is 13.5. The molecule has 0 radical (unpaired) electrons. The number of piperidine rings is 1. The highest BCUT2D eigenvalue weighted by molar-refractivity contribution is 5.91. The predicted molar refractivity (Wildman–Crippen MR) is 117 cm³/mol. The van der Waals surface area contributed by atoms with Crippen LogP contribution >= 0.6 is 0 Å². The highest BCUT2D eigenvalue weighted by Gasteiger charge is 2.37. The molecule has 2 fully saturated rings. The molecule has 30 heavy (non-hydrogen) atoms. The van der Waals surface area contributed by atoms with E-state index in [1.54, 1.807) is 14.0 Å². The number of rotatable bonds is 9. The molecule has 8 heteroatoms. The van der Waals surface area contributed by atoms with Crippen molar-refractivity contribution in [2.45, 2.75) is 83.0 Å². The van der Waals surface area contributed by atoms with E-state index in [4.69, 9.17) is 5.73 Å². The van der Waals surface area contributed by atoms with Gasteiger partial charge in [0.2, 0.25) is 17.7 Å². The van der Waals surface area contributed by atoms with Gasteiger partial charge in [-0.3, -0.25) is 19.3 Å². The molecule has 1 saturated carbocycles. The fourth-order valence-corrected chi connectivity index (χ4v) is 4.86. The van der Waals surface area contributed by atoms with Crippen molar-refractivity contribution in [1.29, 1.82) is 0 Å². The summed E-state index contributed by atoms with van der Waals surface area (Å²) in [5.41, 5.74) is 5.38. The first kappa shape index (κ1) is 24.6. The third-order valence-electron chi connectivity index (χ3n) is 7.03. The van der Waals surface area contributed by atoms with Crippen molar-refractivity contribution in [2.75, 3.05) is 34.2 Å². The molecular formula is C22H41N5O3. The zero-order valence-corrected chi connectivity index (χ0v) is 19.2. The van der Waals surface area contributed by atoms with Crippen molar-refractivity contribution >= 4 is 17.7 Å². The number of nitrogens with zero attached hydrogens (tertiary/aromatic N) is 3. The molecule has 3 amide bonds. The van der Waals surface area contributed by atoms with Crippen molar-refractivity contribution in [1.82, 2.24) is 20.0 Å². The van der Waals surface area contributed by atoms with Gasteiger partial charge in [-0.05, 0) is 59.0 Å². The van der Waals surface area contributed by atoms with Crippen LogP contribution in [0.5, 0.6) is 0 Å². The Morgan fingerprint density at radius 3 is 2.13 bits per heavy atom. The number of amides is 3. The van der Waals surface area contributed by atoms with E-state index in [-0.39, 0.29) is 24.4 Å². The van der Waals surface area contributed by atoms with Gasteiger partial charge in [0.25, 0.3) is 0 Å². The predicted octanol–water partition coefficient (Wildman–Crippen LogP) is 1.15. The molecule has 2 aliphatic rings. The first-order valence-corrected chi connectivity index (χ1v) is 11.5. The minimum atomic E-state index is -0.702. The number of carbonyl (C=O) groups excluding carboxylic acids is 3. The Bertz CT molecular complexity index is 587. The lowest BCUT2D eigenvalue weighted by Gasteiger charge is -2.42. The number of hydrogen-bond acceptors (Lipinski definition) is 5. The van der Waals surface area contributed by atoms with Crippen LogP contribution in [-0.2, 0) is 14.4 Å². The SMILES string of the molecule is CNC(C1CCCCC1)N(C)[C@@H](CC(=O)N(C)[C@@H](C)C(N)=O)C(=O)N1CCCCC1. The molecule has 0 spiro atoms. The van der Waals surface area contributed by atoms with Gasteiger partial charge in [0.15, 0.2) is 0 Å². The van der Waals surface area contributed by atoms with Crippen molar-refractivity contribution in [3.05, 3.63) is 0 Å². The Kier molecular flexibility index (Phi) is 9.55. The second-order valence-corrected chi connectivity index (χ2v) is 8.99. The number of carbonyl (C=O) groups is 3. The number of likely N-dealkylation sites (N-methyl/N-ethyl adjacent to an activating group) is 2. The maximum absolute atomic E-state index is 13.5. The van der Waals surface area contributed by atoms with E-state index in [2.05, 4.69) is 10.2 Å². The van der Waals surface area contributed by atoms with Gasteiger partial charge >= 0.3 is 0 Å². The molecule has 8 nitrogen and oxygen atoms in total. The van der Waals surface area contributed by atoms with E-state index >= 15 is 0 Å². The summed E-state index contributed by atoms with van der Waals surface area (Å²) < 4.78 is 0. The van der Waals surface area contributed by atoms with Crippen molar-refractivity contribution in [2.24, 2.45) is 11.7 Å². The van der Waals surface area contributed by atoms with Gasteiger partial charge in [0.05, 0.1) is 18.6 Å². The number of hydrogen-bond donors (Lipinski definition) is 2. The number of nitrogens with one attached hydrogen (secondary N) is 1. The summed E-state index contributed by atoms with van der Waals surface area (Å²) in [5.74, 6) is -0.306.